The van der Waals surface area contributed by atoms with E-state index in [1.807, 2.05) is 45.0 Å². The summed E-state index contributed by atoms with van der Waals surface area (Å²) in [5.74, 6) is -0.155. The molecule has 23 heavy (non-hydrogen) atoms. The molecule has 1 aliphatic rings. The van der Waals surface area contributed by atoms with Gasteiger partial charge in [0.2, 0.25) is 5.91 Å². The van der Waals surface area contributed by atoms with Gasteiger partial charge in [-0.3, -0.25) is 9.69 Å². The van der Waals surface area contributed by atoms with E-state index in [1.54, 1.807) is 0 Å². The fourth-order valence-corrected chi connectivity index (χ4v) is 2.63. The van der Waals surface area contributed by atoms with Crippen molar-refractivity contribution in [2.45, 2.75) is 58.6 Å². The van der Waals surface area contributed by atoms with Gasteiger partial charge < -0.3 is 10.1 Å². The third-order valence-corrected chi connectivity index (χ3v) is 3.81. The summed E-state index contributed by atoms with van der Waals surface area (Å²) in [6.45, 7) is 8.12. The molecule has 5 heteroatoms. The number of hydrogen-bond donors (Lipinski definition) is 1. The lowest BCUT2D eigenvalue weighted by Gasteiger charge is -2.28. The minimum atomic E-state index is -0.559. The summed E-state index contributed by atoms with van der Waals surface area (Å²) in [5.41, 5.74) is 1.42. The van der Waals surface area contributed by atoms with Crippen molar-refractivity contribution in [3.05, 3.63) is 29.8 Å². The number of nitrogens with zero attached hydrogens (tertiary/aromatic N) is 1. The number of anilines is 1. The molecule has 1 aliphatic heterocycles. The molecule has 0 saturated carbocycles. The molecule has 0 spiro atoms. The molecular formula is C18H26N2O3. The van der Waals surface area contributed by atoms with Crippen LogP contribution in [0.3, 0.4) is 0 Å². The van der Waals surface area contributed by atoms with E-state index in [9.17, 15) is 9.59 Å². The van der Waals surface area contributed by atoms with Crippen molar-refractivity contribution in [2.75, 3.05) is 11.9 Å². The molecular weight excluding hydrogens is 292 g/mol. The number of carbonyl (C=O) groups excluding carboxylic acids is 2. The summed E-state index contributed by atoms with van der Waals surface area (Å²) >= 11 is 0. The molecule has 2 amide bonds. The van der Waals surface area contributed by atoms with Crippen LogP contribution in [-0.4, -0.2) is 35.1 Å². The molecule has 2 rings (SSSR count). The van der Waals surface area contributed by atoms with Crippen molar-refractivity contribution in [1.82, 2.24) is 4.90 Å². The second kappa shape index (κ2) is 7.02. The van der Waals surface area contributed by atoms with Gasteiger partial charge in [0.1, 0.15) is 11.6 Å². The quantitative estimate of drug-likeness (QED) is 0.926. The van der Waals surface area contributed by atoms with Crippen LogP contribution in [0.15, 0.2) is 24.3 Å². The van der Waals surface area contributed by atoms with E-state index in [0.717, 1.165) is 18.5 Å². The second-order valence-electron chi connectivity index (χ2n) is 6.87. The monoisotopic (exact) mass is 318 g/mol. The number of ether oxygens (including phenoxy) is 1. The minimum absolute atomic E-state index is 0.155. The molecule has 1 N–H and O–H groups in total. The topological polar surface area (TPSA) is 58.6 Å². The highest BCUT2D eigenvalue weighted by molar-refractivity contribution is 5.96. The number of nitrogens with one attached hydrogen (secondary N) is 1. The van der Waals surface area contributed by atoms with Gasteiger partial charge in [-0.15, -0.1) is 0 Å². The Balaban J connectivity index is 2.00. The number of hydrogen-bond acceptors (Lipinski definition) is 3. The average Bonchev–Trinajstić information content (AvgIpc) is 2.96. The van der Waals surface area contributed by atoms with Crippen LogP contribution in [0.4, 0.5) is 10.5 Å². The Morgan fingerprint density at radius 1 is 1.26 bits per heavy atom. The molecule has 1 saturated heterocycles. The smallest absolute Gasteiger partial charge is 0.410 e. The fraction of sp³-hybridized carbons (Fsp3) is 0.556. The Labute approximate surface area is 138 Å². The predicted molar refractivity (Wildman–Crippen MR) is 90.4 cm³/mol. The van der Waals surface area contributed by atoms with Crippen molar-refractivity contribution in [1.29, 1.82) is 0 Å². The molecule has 0 aromatic heterocycles. The third-order valence-electron chi connectivity index (χ3n) is 3.81. The fourth-order valence-electron chi connectivity index (χ4n) is 2.63. The van der Waals surface area contributed by atoms with Crippen LogP contribution in [-0.2, 0) is 16.0 Å². The molecule has 5 nitrogen and oxygen atoms in total. The lowest BCUT2D eigenvalue weighted by Crippen LogP contribution is -2.45. The SMILES string of the molecule is CCc1ccc(NC(=O)C2CCCN2C(=O)OC(C)(C)C)cc1. The summed E-state index contributed by atoms with van der Waals surface area (Å²) < 4.78 is 5.39. The maximum atomic E-state index is 12.5. The first-order valence-electron chi connectivity index (χ1n) is 8.19. The Bertz CT molecular complexity index is 561. The van der Waals surface area contributed by atoms with Gasteiger partial charge in [-0.2, -0.15) is 0 Å². The first-order chi connectivity index (χ1) is 10.8. The zero-order valence-electron chi connectivity index (χ0n) is 14.4. The summed E-state index contributed by atoms with van der Waals surface area (Å²) in [6.07, 6.45) is 2.02. The van der Waals surface area contributed by atoms with Crippen molar-refractivity contribution >= 4 is 17.7 Å². The normalized spacial score (nSPS) is 17.9. The number of aryl methyl sites for hydroxylation is 1. The molecule has 1 aromatic carbocycles. The predicted octanol–water partition coefficient (Wildman–Crippen LogP) is 3.59. The average molecular weight is 318 g/mol. The molecule has 0 bridgehead atoms. The Morgan fingerprint density at radius 2 is 1.91 bits per heavy atom. The number of amides is 2. The second-order valence-corrected chi connectivity index (χ2v) is 6.87. The van der Waals surface area contributed by atoms with E-state index in [-0.39, 0.29) is 5.91 Å². The van der Waals surface area contributed by atoms with Crippen LogP contribution >= 0.6 is 0 Å². The van der Waals surface area contributed by atoms with Gasteiger partial charge in [0.05, 0.1) is 0 Å². The standard InChI is InChI=1S/C18H26N2O3/c1-5-13-8-10-14(11-9-13)19-16(21)15-7-6-12-20(15)17(22)23-18(2,3)4/h8-11,15H,5-7,12H2,1-4H3,(H,19,21). The van der Waals surface area contributed by atoms with Crippen LogP contribution in [0.5, 0.6) is 0 Å². The largest absolute Gasteiger partial charge is 0.444 e. The zero-order chi connectivity index (χ0) is 17.0. The van der Waals surface area contributed by atoms with E-state index in [1.165, 1.54) is 10.5 Å². The van der Waals surface area contributed by atoms with Crippen LogP contribution in [0, 0.1) is 0 Å². The first-order valence-corrected chi connectivity index (χ1v) is 8.19. The summed E-state index contributed by atoms with van der Waals surface area (Å²) in [5, 5.41) is 2.89. The van der Waals surface area contributed by atoms with Crippen molar-refractivity contribution in [3.8, 4) is 0 Å². The Hall–Kier alpha value is -2.04. The van der Waals surface area contributed by atoms with Crippen LogP contribution < -0.4 is 5.32 Å². The van der Waals surface area contributed by atoms with Crippen molar-refractivity contribution in [2.24, 2.45) is 0 Å². The maximum absolute atomic E-state index is 12.5. The van der Waals surface area contributed by atoms with Crippen molar-refractivity contribution < 1.29 is 14.3 Å². The Morgan fingerprint density at radius 3 is 2.48 bits per heavy atom. The van der Waals surface area contributed by atoms with Gasteiger partial charge >= 0.3 is 6.09 Å². The molecule has 1 aromatic rings. The third kappa shape index (κ3) is 4.71. The van der Waals surface area contributed by atoms with Crippen LogP contribution in [0.2, 0.25) is 0 Å². The first kappa shape index (κ1) is 17.3. The molecule has 1 heterocycles. The summed E-state index contributed by atoms with van der Waals surface area (Å²) in [6, 6.07) is 7.31. The Kier molecular flexibility index (Phi) is 5.29. The minimum Gasteiger partial charge on any atom is -0.444 e. The number of rotatable bonds is 3. The van der Waals surface area contributed by atoms with E-state index in [4.69, 9.17) is 4.74 Å². The molecule has 1 fully saturated rings. The lowest BCUT2D eigenvalue weighted by molar-refractivity contribution is -0.120. The van der Waals surface area contributed by atoms with E-state index < -0.39 is 17.7 Å². The van der Waals surface area contributed by atoms with E-state index >= 15 is 0 Å². The highest BCUT2D eigenvalue weighted by atomic mass is 16.6. The van der Waals surface area contributed by atoms with E-state index in [0.29, 0.717) is 13.0 Å². The highest BCUT2D eigenvalue weighted by Gasteiger charge is 2.36. The van der Waals surface area contributed by atoms with Crippen LogP contribution in [0.1, 0.15) is 46.1 Å². The molecule has 1 unspecified atom stereocenters. The van der Waals surface area contributed by atoms with E-state index in [2.05, 4.69) is 12.2 Å². The summed E-state index contributed by atoms with van der Waals surface area (Å²) in [4.78, 5) is 26.3. The van der Waals surface area contributed by atoms with Gasteiger partial charge in [-0.05, 0) is 57.7 Å². The van der Waals surface area contributed by atoms with Gasteiger partial charge in [-0.1, -0.05) is 19.1 Å². The van der Waals surface area contributed by atoms with Crippen LogP contribution in [0.25, 0.3) is 0 Å². The van der Waals surface area contributed by atoms with Gasteiger partial charge in [0.25, 0.3) is 0 Å². The zero-order valence-corrected chi connectivity index (χ0v) is 14.4. The van der Waals surface area contributed by atoms with Gasteiger partial charge in [-0.25, -0.2) is 4.79 Å². The highest BCUT2D eigenvalue weighted by Crippen LogP contribution is 2.22. The maximum Gasteiger partial charge on any atom is 0.410 e. The lowest BCUT2D eigenvalue weighted by atomic mass is 10.1. The number of likely N-dealkylation sites (tertiary alicyclic amines) is 1. The molecule has 0 aliphatic carbocycles. The summed E-state index contributed by atoms with van der Waals surface area (Å²) in [7, 11) is 0. The number of benzene rings is 1. The molecule has 0 radical (unpaired) electrons. The van der Waals surface area contributed by atoms with Gasteiger partial charge in [0.15, 0.2) is 0 Å². The molecule has 1 atom stereocenters. The number of carbonyl (C=O) groups is 2. The van der Waals surface area contributed by atoms with Gasteiger partial charge in [0, 0.05) is 12.2 Å². The molecule has 126 valence electrons. The van der Waals surface area contributed by atoms with Crippen molar-refractivity contribution in [3.63, 3.8) is 0 Å².